The molecule has 5 heteroatoms. The maximum Gasteiger partial charge on any atom is 0.191 e. The van der Waals surface area contributed by atoms with Gasteiger partial charge in [-0.1, -0.05) is 6.92 Å². The SMILES string of the molecule is CCNC(=NCc1ccsc1)NCC1CC1C.I. The second-order valence-corrected chi connectivity index (χ2v) is 5.46. The van der Waals surface area contributed by atoms with Crippen LogP contribution in [0.15, 0.2) is 21.8 Å². The molecule has 0 aromatic carbocycles. The van der Waals surface area contributed by atoms with E-state index >= 15 is 0 Å². The molecule has 18 heavy (non-hydrogen) atoms. The molecule has 2 unspecified atom stereocenters. The molecule has 0 aliphatic heterocycles. The highest BCUT2D eigenvalue weighted by Crippen LogP contribution is 2.36. The van der Waals surface area contributed by atoms with Crippen molar-refractivity contribution in [2.75, 3.05) is 13.1 Å². The minimum Gasteiger partial charge on any atom is -0.357 e. The second kappa shape index (κ2) is 7.99. The molecule has 1 aliphatic rings. The van der Waals surface area contributed by atoms with Gasteiger partial charge >= 0.3 is 0 Å². The van der Waals surface area contributed by atoms with Gasteiger partial charge in [0.15, 0.2) is 5.96 Å². The monoisotopic (exact) mass is 379 g/mol. The molecule has 0 radical (unpaired) electrons. The minimum atomic E-state index is 0. The lowest BCUT2D eigenvalue weighted by Crippen LogP contribution is -2.38. The van der Waals surface area contributed by atoms with Crippen molar-refractivity contribution in [3.05, 3.63) is 22.4 Å². The lowest BCUT2D eigenvalue weighted by molar-refractivity contribution is 0.694. The summed E-state index contributed by atoms with van der Waals surface area (Å²) in [5.41, 5.74) is 1.28. The van der Waals surface area contributed by atoms with E-state index in [-0.39, 0.29) is 24.0 Å². The van der Waals surface area contributed by atoms with Crippen molar-refractivity contribution >= 4 is 41.3 Å². The van der Waals surface area contributed by atoms with Crippen LogP contribution in [-0.2, 0) is 6.54 Å². The van der Waals surface area contributed by atoms with E-state index in [9.17, 15) is 0 Å². The maximum absolute atomic E-state index is 4.58. The molecule has 1 fully saturated rings. The first-order valence-electron chi connectivity index (χ1n) is 6.33. The molecule has 2 rings (SSSR count). The Kier molecular flexibility index (Phi) is 6.99. The fraction of sp³-hybridized carbons (Fsp3) is 0.615. The lowest BCUT2D eigenvalue weighted by atomic mass is 10.3. The average Bonchev–Trinajstić information content (AvgIpc) is 2.82. The Morgan fingerprint density at radius 3 is 2.83 bits per heavy atom. The van der Waals surface area contributed by atoms with Gasteiger partial charge in [0.1, 0.15) is 0 Å². The average molecular weight is 379 g/mol. The Morgan fingerprint density at radius 1 is 1.50 bits per heavy atom. The Balaban J connectivity index is 0.00000162. The normalized spacial score (nSPS) is 22.2. The van der Waals surface area contributed by atoms with Crippen LogP contribution < -0.4 is 10.6 Å². The van der Waals surface area contributed by atoms with Gasteiger partial charge in [0.05, 0.1) is 6.54 Å². The van der Waals surface area contributed by atoms with Crippen molar-refractivity contribution in [3.63, 3.8) is 0 Å². The maximum atomic E-state index is 4.58. The van der Waals surface area contributed by atoms with Gasteiger partial charge in [-0.3, -0.25) is 0 Å². The highest BCUT2D eigenvalue weighted by molar-refractivity contribution is 14.0. The van der Waals surface area contributed by atoms with Crippen LogP contribution in [0.1, 0.15) is 25.8 Å². The van der Waals surface area contributed by atoms with E-state index in [1.807, 2.05) is 0 Å². The van der Waals surface area contributed by atoms with Crippen molar-refractivity contribution in [2.45, 2.75) is 26.8 Å². The summed E-state index contributed by atoms with van der Waals surface area (Å²) in [7, 11) is 0. The number of nitrogens with zero attached hydrogens (tertiary/aromatic N) is 1. The van der Waals surface area contributed by atoms with E-state index < -0.39 is 0 Å². The van der Waals surface area contributed by atoms with Crippen LogP contribution in [0.3, 0.4) is 0 Å². The Labute approximate surface area is 130 Å². The van der Waals surface area contributed by atoms with Crippen molar-refractivity contribution in [1.82, 2.24) is 10.6 Å². The van der Waals surface area contributed by atoms with Crippen molar-refractivity contribution in [1.29, 1.82) is 0 Å². The summed E-state index contributed by atoms with van der Waals surface area (Å²) in [6.45, 7) is 7.13. The summed E-state index contributed by atoms with van der Waals surface area (Å²) < 4.78 is 0. The van der Waals surface area contributed by atoms with Gasteiger partial charge in [-0.2, -0.15) is 11.3 Å². The fourth-order valence-electron chi connectivity index (χ4n) is 1.81. The molecule has 0 spiro atoms. The zero-order valence-corrected chi connectivity index (χ0v) is 14.1. The Bertz CT molecular complexity index is 364. The van der Waals surface area contributed by atoms with Crippen LogP contribution in [0.4, 0.5) is 0 Å². The first-order valence-corrected chi connectivity index (χ1v) is 7.27. The van der Waals surface area contributed by atoms with Crippen LogP contribution in [0.5, 0.6) is 0 Å². The highest BCUT2D eigenvalue weighted by atomic mass is 127. The van der Waals surface area contributed by atoms with Crippen molar-refractivity contribution < 1.29 is 0 Å². The molecule has 0 amide bonds. The summed E-state index contributed by atoms with van der Waals surface area (Å²) in [4.78, 5) is 4.58. The van der Waals surface area contributed by atoms with Crippen LogP contribution in [0, 0.1) is 11.8 Å². The molecule has 1 aromatic rings. The molecule has 1 aromatic heterocycles. The third kappa shape index (κ3) is 5.14. The molecule has 1 aliphatic carbocycles. The molecule has 2 N–H and O–H groups in total. The van der Waals surface area contributed by atoms with Crippen LogP contribution in [0.2, 0.25) is 0 Å². The lowest BCUT2D eigenvalue weighted by Gasteiger charge is -2.10. The van der Waals surface area contributed by atoms with Gasteiger partial charge in [0.2, 0.25) is 0 Å². The number of nitrogens with one attached hydrogen (secondary N) is 2. The number of rotatable bonds is 5. The number of hydrogen-bond donors (Lipinski definition) is 2. The van der Waals surface area contributed by atoms with E-state index in [0.717, 1.165) is 37.4 Å². The quantitative estimate of drug-likeness (QED) is 0.469. The van der Waals surface area contributed by atoms with Gasteiger partial charge in [0, 0.05) is 13.1 Å². The molecule has 0 bridgehead atoms. The topological polar surface area (TPSA) is 36.4 Å². The molecule has 1 saturated carbocycles. The highest BCUT2D eigenvalue weighted by Gasteiger charge is 2.32. The summed E-state index contributed by atoms with van der Waals surface area (Å²) in [6.07, 6.45) is 1.36. The molecule has 3 nitrogen and oxygen atoms in total. The van der Waals surface area contributed by atoms with Gasteiger partial charge < -0.3 is 10.6 Å². The van der Waals surface area contributed by atoms with Crippen molar-refractivity contribution in [3.8, 4) is 0 Å². The number of thiophene rings is 1. The standard InChI is InChI=1S/C13H21N3S.HI/c1-3-14-13(16-8-12-6-10(12)2)15-7-11-4-5-17-9-11;/h4-5,9-10,12H,3,6-8H2,1-2H3,(H2,14,15,16);1H. The first-order chi connectivity index (χ1) is 8.29. The van der Waals surface area contributed by atoms with E-state index in [4.69, 9.17) is 0 Å². The molecular formula is C13H22IN3S. The largest absolute Gasteiger partial charge is 0.357 e. The summed E-state index contributed by atoms with van der Waals surface area (Å²) in [6, 6.07) is 2.13. The van der Waals surface area contributed by atoms with Crippen LogP contribution >= 0.6 is 35.3 Å². The van der Waals surface area contributed by atoms with Gasteiger partial charge in [-0.05, 0) is 47.6 Å². The number of aliphatic imine (C=N–C) groups is 1. The molecule has 1 heterocycles. The second-order valence-electron chi connectivity index (χ2n) is 4.68. The number of hydrogen-bond acceptors (Lipinski definition) is 2. The Hall–Kier alpha value is -0.300. The number of guanidine groups is 1. The molecule has 2 atom stereocenters. The minimum absolute atomic E-state index is 0. The summed E-state index contributed by atoms with van der Waals surface area (Å²) >= 11 is 1.72. The third-order valence-corrected chi connectivity index (χ3v) is 3.88. The van der Waals surface area contributed by atoms with E-state index in [2.05, 4.69) is 46.3 Å². The van der Waals surface area contributed by atoms with Crippen LogP contribution in [0.25, 0.3) is 0 Å². The summed E-state index contributed by atoms with van der Waals surface area (Å²) in [5.74, 6) is 2.68. The number of halogens is 1. The van der Waals surface area contributed by atoms with E-state index in [1.54, 1.807) is 11.3 Å². The fourth-order valence-corrected chi connectivity index (χ4v) is 2.47. The van der Waals surface area contributed by atoms with E-state index in [0.29, 0.717) is 0 Å². The summed E-state index contributed by atoms with van der Waals surface area (Å²) in [5, 5.41) is 10.9. The predicted octanol–water partition coefficient (Wildman–Crippen LogP) is 3.08. The van der Waals surface area contributed by atoms with Gasteiger partial charge in [0.25, 0.3) is 0 Å². The smallest absolute Gasteiger partial charge is 0.191 e. The zero-order chi connectivity index (χ0) is 12.1. The van der Waals surface area contributed by atoms with Crippen molar-refractivity contribution in [2.24, 2.45) is 16.8 Å². The van der Waals surface area contributed by atoms with Crippen LogP contribution in [-0.4, -0.2) is 19.0 Å². The third-order valence-electron chi connectivity index (χ3n) is 3.15. The first kappa shape index (κ1) is 15.8. The molecule has 0 saturated heterocycles. The molecule has 102 valence electrons. The van der Waals surface area contributed by atoms with Gasteiger partial charge in [-0.25, -0.2) is 4.99 Å². The zero-order valence-electron chi connectivity index (χ0n) is 11.0. The molecular weight excluding hydrogens is 357 g/mol. The Morgan fingerprint density at radius 2 is 2.28 bits per heavy atom. The van der Waals surface area contributed by atoms with Gasteiger partial charge in [-0.15, -0.1) is 24.0 Å². The predicted molar refractivity (Wildman–Crippen MR) is 89.8 cm³/mol. The van der Waals surface area contributed by atoms with E-state index in [1.165, 1.54) is 12.0 Å².